The average molecular weight is 287 g/mol. The Morgan fingerprint density at radius 3 is 2.47 bits per heavy atom. The van der Waals surface area contributed by atoms with Gasteiger partial charge in [-0.2, -0.15) is 0 Å². The first-order valence-electron chi connectivity index (χ1n) is 6.11. The molecule has 1 unspecified atom stereocenters. The summed E-state index contributed by atoms with van der Waals surface area (Å²) >= 11 is 0. The number of benzene rings is 1. The molecule has 1 amide bonds. The second-order valence-electron chi connectivity index (χ2n) is 4.60. The summed E-state index contributed by atoms with van der Waals surface area (Å²) in [5, 5.41) is 0. The van der Waals surface area contributed by atoms with Crippen molar-refractivity contribution in [2.45, 2.75) is 32.4 Å². The summed E-state index contributed by atoms with van der Waals surface area (Å²) in [4.78, 5) is 13.5. The van der Waals surface area contributed by atoms with E-state index in [2.05, 4.69) is 0 Å². The van der Waals surface area contributed by atoms with Crippen molar-refractivity contribution in [1.82, 2.24) is 4.90 Å². The molecule has 0 heterocycles. The van der Waals surface area contributed by atoms with Crippen LogP contribution in [0.15, 0.2) is 24.3 Å². The normalized spacial score (nSPS) is 13.1. The average Bonchev–Trinajstić information content (AvgIpc) is 2.37. The molecule has 0 aliphatic rings. The van der Waals surface area contributed by atoms with Gasteiger partial charge in [0.1, 0.15) is 5.75 Å². The highest BCUT2D eigenvalue weighted by molar-refractivity contribution is 5.85. The lowest BCUT2D eigenvalue weighted by molar-refractivity contribution is -0.132. The Balaban J connectivity index is 0.00000324. The second kappa shape index (κ2) is 8.02. The van der Waals surface area contributed by atoms with E-state index in [9.17, 15) is 4.79 Å². The third-order valence-corrected chi connectivity index (χ3v) is 3.11. The number of methoxy groups -OCH3 is 1. The van der Waals surface area contributed by atoms with Gasteiger partial charge in [0.15, 0.2) is 0 Å². The number of halogens is 1. The van der Waals surface area contributed by atoms with Crippen LogP contribution in [0.25, 0.3) is 0 Å². The zero-order valence-corrected chi connectivity index (χ0v) is 12.7. The molecule has 0 aliphatic heterocycles. The standard InChI is InChI=1S/C14H22N2O2.ClH/c1-10(16(3)14(17)11(2)15)9-12-7-5-6-8-13(12)18-4;/h5-8,10-11H,9,15H2,1-4H3;1H/t10?,11-;/m0./s1. The van der Waals surface area contributed by atoms with Crippen molar-refractivity contribution >= 4 is 18.3 Å². The van der Waals surface area contributed by atoms with Crippen molar-refractivity contribution in [1.29, 1.82) is 0 Å². The van der Waals surface area contributed by atoms with Gasteiger partial charge in [-0.15, -0.1) is 12.4 Å². The predicted molar refractivity (Wildman–Crippen MR) is 79.8 cm³/mol. The number of ether oxygens (including phenoxy) is 1. The monoisotopic (exact) mass is 286 g/mol. The molecule has 5 heteroatoms. The summed E-state index contributed by atoms with van der Waals surface area (Å²) in [6.45, 7) is 3.71. The summed E-state index contributed by atoms with van der Waals surface area (Å²) in [7, 11) is 3.44. The molecule has 0 saturated carbocycles. The molecule has 19 heavy (non-hydrogen) atoms. The van der Waals surface area contributed by atoms with E-state index in [0.717, 1.165) is 17.7 Å². The lowest BCUT2D eigenvalue weighted by Gasteiger charge is -2.27. The molecule has 0 saturated heterocycles. The van der Waals surface area contributed by atoms with Crippen LogP contribution in [-0.2, 0) is 11.2 Å². The van der Waals surface area contributed by atoms with Crippen molar-refractivity contribution in [3.63, 3.8) is 0 Å². The van der Waals surface area contributed by atoms with E-state index >= 15 is 0 Å². The smallest absolute Gasteiger partial charge is 0.239 e. The number of carbonyl (C=O) groups excluding carboxylic acids is 1. The molecular weight excluding hydrogens is 264 g/mol. The molecule has 0 spiro atoms. The van der Waals surface area contributed by atoms with E-state index in [-0.39, 0.29) is 24.4 Å². The molecular formula is C14H23ClN2O2. The summed E-state index contributed by atoms with van der Waals surface area (Å²) in [5.41, 5.74) is 6.70. The van der Waals surface area contributed by atoms with Crippen LogP contribution >= 0.6 is 12.4 Å². The van der Waals surface area contributed by atoms with Gasteiger partial charge in [-0.05, 0) is 31.9 Å². The van der Waals surface area contributed by atoms with Crippen LogP contribution in [-0.4, -0.2) is 37.0 Å². The zero-order valence-electron chi connectivity index (χ0n) is 11.9. The Labute approximate surface area is 121 Å². The number of nitrogens with two attached hydrogens (primary N) is 1. The Kier molecular flexibility index (Phi) is 7.49. The van der Waals surface area contributed by atoms with E-state index in [1.807, 2.05) is 31.2 Å². The minimum absolute atomic E-state index is 0. The van der Waals surface area contributed by atoms with Crippen LogP contribution in [0.1, 0.15) is 19.4 Å². The third kappa shape index (κ3) is 4.73. The number of hydrogen-bond acceptors (Lipinski definition) is 3. The van der Waals surface area contributed by atoms with Crippen molar-refractivity contribution in [3.05, 3.63) is 29.8 Å². The molecule has 0 bridgehead atoms. The minimum atomic E-state index is -0.463. The van der Waals surface area contributed by atoms with Gasteiger partial charge in [0, 0.05) is 13.1 Å². The molecule has 4 nitrogen and oxygen atoms in total. The van der Waals surface area contributed by atoms with E-state index in [1.165, 1.54) is 0 Å². The number of nitrogens with zero attached hydrogens (tertiary/aromatic N) is 1. The largest absolute Gasteiger partial charge is 0.496 e. The molecule has 1 aromatic rings. The first-order chi connectivity index (χ1) is 8.47. The van der Waals surface area contributed by atoms with Crippen molar-refractivity contribution < 1.29 is 9.53 Å². The third-order valence-electron chi connectivity index (χ3n) is 3.11. The topological polar surface area (TPSA) is 55.6 Å². The molecule has 2 N–H and O–H groups in total. The van der Waals surface area contributed by atoms with Crippen LogP contribution in [0.3, 0.4) is 0 Å². The minimum Gasteiger partial charge on any atom is -0.496 e. The van der Waals surface area contributed by atoms with Gasteiger partial charge in [0.2, 0.25) is 5.91 Å². The second-order valence-corrected chi connectivity index (χ2v) is 4.60. The van der Waals surface area contributed by atoms with Crippen LogP contribution in [0, 0.1) is 0 Å². The molecule has 1 rings (SSSR count). The van der Waals surface area contributed by atoms with Crippen molar-refractivity contribution in [2.75, 3.05) is 14.2 Å². The van der Waals surface area contributed by atoms with E-state index in [1.54, 1.807) is 26.0 Å². The molecule has 0 aromatic heterocycles. The number of carbonyl (C=O) groups is 1. The Hall–Kier alpha value is -1.26. The highest BCUT2D eigenvalue weighted by atomic mass is 35.5. The van der Waals surface area contributed by atoms with Crippen molar-refractivity contribution in [2.24, 2.45) is 5.73 Å². The zero-order chi connectivity index (χ0) is 13.7. The molecule has 0 radical (unpaired) electrons. The number of hydrogen-bond donors (Lipinski definition) is 1. The van der Waals surface area contributed by atoms with E-state index in [0.29, 0.717) is 0 Å². The highest BCUT2D eigenvalue weighted by Crippen LogP contribution is 2.20. The van der Waals surface area contributed by atoms with E-state index in [4.69, 9.17) is 10.5 Å². The lowest BCUT2D eigenvalue weighted by Crippen LogP contribution is -2.44. The molecule has 1 aromatic carbocycles. The molecule has 0 fully saturated rings. The number of rotatable bonds is 5. The van der Waals surface area contributed by atoms with Gasteiger partial charge in [0.05, 0.1) is 13.2 Å². The molecule has 0 aliphatic carbocycles. The van der Waals surface area contributed by atoms with Gasteiger partial charge in [0.25, 0.3) is 0 Å². The number of amides is 1. The fraction of sp³-hybridized carbons (Fsp3) is 0.500. The fourth-order valence-corrected chi connectivity index (χ4v) is 1.87. The Bertz CT molecular complexity index is 410. The fourth-order valence-electron chi connectivity index (χ4n) is 1.87. The summed E-state index contributed by atoms with van der Waals surface area (Å²) in [6, 6.07) is 7.46. The van der Waals surface area contributed by atoms with Crippen LogP contribution in [0.4, 0.5) is 0 Å². The Morgan fingerprint density at radius 1 is 1.37 bits per heavy atom. The SMILES string of the molecule is COc1ccccc1CC(C)N(C)C(=O)[C@H](C)N.Cl. The van der Waals surface area contributed by atoms with Gasteiger partial charge in [-0.3, -0.25) is 4.79 Å². The summed E-state index contributed by atoms with van der Waals surface area (Å²) in [5.74, 6) is 0.809. The predicted octanol–water partition coefficient (Wildman–Crippen LogP) is 1.85. The van der Waals surface area contributed by atoms with Crippen LogP contribution < -0.4 is 10.5 Å². The number of likely N-dealkylation sites (N-methyl/N-ethyl adjacent to an activating group) is 1. The van der Waals surface area contributed by atoms with Gasteiger partial charge in [-0.25, -0.2) is 0 Å². The maximum atomic E-state index is 11.8. The highest BCUT2D eigenvalue weighted by Gasteiger charge is 2.19. The lowest BCUT2D eigenvalue weighted by atomic mass is 10.0. The quantitative estimate of drug-likeness (QED) is 0.899. The summed E-state index contributed by atoms with van der Waals surface area (Å²) in [6.07, 6.45) is 0.749. The molecule has 108 valence electrons. The van der Waals surface area contributed by atoms with Gasteiger partial charge in [-0.1, -0.05) is 18.2 Å². The van der Waals surface area contributed by atoms with Gasteiger partial charge >= 0.3 is 0 Å². The maximum Gasteiger partial charge on any atom is 0.239 e. The van der Waals surface area contributed by atoms with Crippen LogP contribution in [0.5, 0.6) is 5.75 Å². The maximum absolute atomic E-state index is 11.8. The van der Waals surface area contributed by atoms with Gasteiger partial charge < -0.3 is 15.4 Å². The number of para-hydroxylation sites is 1. The first-order valence-corrected chi connectivity index (χ1v) is 6.11. The van der Waals surface area contributed by atoms with Crippen molar-refractivity contribution in [3.8, 4) is 5.75 Å². The molecule has 2 atom stereocenters. The van der Waals surface area contributed by atoms with Crippen LogP contribution in [0.2, 0.25) is 0 Å². The first kappa shape index (κ1) is 17.7. The van der Waals surface area contributed by atoms with E-state index < -0.39 is 6.04 Å². The summed E-state index contributed by atoms with van der Waals surface area (Å²) < 4.78 is 5.31. The Morgan fingerprint density at radius 2 is 1.95 bits per heavy atom.